The van der Waals surface area contributed by atoms with E-state index in [1.807, 2.05) is 22.6 Å². The first-order valence-electron chi connectivity index (χ1n) is 4.43. The van der Waals surface area contributed by atoms with Gasteiger partial charge in [-0.3, -0.25) is 4.79 Å². The maximum absolute atomic E-state index is 13.3. The van der Waals surface area contributed by atoms with Gasteiger partial charge in [0.2, 0.25) is 0 Å². The summed E-state index contributed by atoms with van der Waals surface area (Å²) in [6, 6.07) is 4.76. The molecule has 0 heterocycles. The minimum absolute atomic E-state index is 0.315. The quantitative estimate of drug-likeness (QED) is 0.618. The average Bonchev–Trinajstić information content (AvgIpc) is 2.20. The van der Waals surface area contributed by atoms with Gasteiger partial charge in [0.05, 0.1) is 12.5 Å². The fraction of sp³-hybridized carbons (Fsp3) is 0.364. The van der Waals surface area contributed by atoms with Crippen molar-refractivity contribution in [2.75, 3.05) is 7.11 Å². The van der Waals surface area contributed by atoms with Crippen molar-refractivity contribution in [1.82, 2.24) is 0 Å². The molecule has 0 bridgehead atoms. The molecule has 0 saturated heterocycles. The van der Waals surface area contributed by atoms with Gasteiger partial charge in [-0.05, 0) is 54.1 Å². The Kier molecular flexibility index (Phi) is 3.70. The van der Waals surface area contributed by atoms with Gasteiger partial charge >= 0.3 is 5.97 Å². The van der Waals surface area contributed by atoms with Crippen LogP contribution in [0, 0.1) is 9.39 Å². The van der Waals surface area contributed by atoms with Gasteiger partial charge in [0.15, 0.2) is 0 Å². The summed E-state index contributed by atoms with van der Waals surface area (Å²) in [5.74, 6) is -0.687. The molecule has 0 spiro atoms. The van der Waals surface area contributed by atoms with Gasteiger partial charge in [0, 0.05) is 3.57 Å². The van der Waals surface area contributed by atoms with Crippen molar-refractivity contribution >= 4 is 28.6 Å². The molecule has 15 heavy (non-hydrogen) atoms. The lowest BCUT2D eigenvalue weighted by Crippen LogP contribution is -2.30. The zero-order valence-electron chi connectivity index (χ0n) is 8.80. The summed E-state index contributed by atoms with van der Waals surface area (Å²) in [4.78, 5) is 11.5. The zero-order valence-corrected chi connectivity index (χ0v) is 11.0. The highest BCUT2D eigenvalue weighted by Gasteiger charge is 2.31. The number of rotatable bonds is 2. The number of carbonyl (C=O) groups excluding carboxylic acids is 1. The number of carbonyl (C=O) groups is 1. The van der Waals surface area contributed by atoms with E-state index in [2.05, 4.69) is 4.74 Å². The van der Waals surface area contributed by atoms with E-state index in [4.69, 9.17) is 0 Å². The van der Waals surface area contributed by atoms with E-state index in [9.17, 15) is 9.18 Å². The molecule has 0 atom stereocenters. The molecule has 0 saturated carbocycles. The topological polar surface area (TPSA) is 26.3 Å². The largest absolute Gasteiger partial charge is 0.468 e. The fourth-order valence-corrected chi connectivity index (χ4v) is 1.59. The second kappa shape index (κ2) is 4.47. The third kappa shape index (κ3) is 2.48. The molecule has 1 aromatic carbocycles. The molecular weight excluding hydrogens is 310 g/mol. The number of ether oxygens (including phenoxy) is 1. The van der Waals surface area contributed by atoms with Gasteiger partial charge < -0.3 is 4.74 Å². The smallest absolute Gasteiger partial charge is 0.315 e. The van der Waals surface area contributed by atoms with E-state index in [-0.39, 0.29) is 11.8 Å². The molecule has 0 aliphatic heterocycles. The van der Waals surface area contributed by atoms with Crippen LogP contribution in [0.4, 0.5) is 4.39 Å². The van der Waals surface area contributed by atoms with Crippen LogP contribution in [0.15, 0.2) is 18.2 Å². The first kappa shape index (κ1) is 12.4. The number of benzene rings is 1. The Morgan fingerprint density at radius 2 is 2.07 bits per heavy atom. The minimum Gasteiger partial charge on any atom is -0.468 e. The summed E-state index contributed by atoms with van der Waals surface area (Å²) in [7, 11) is 1.33. The minimum atomic E-state index is -0.820. The molecule has 0 amide bonds. The predicted molar refractivity (Wildman–Crippen MR) is 64.2 cm³/mol. The van der Waals surface area contributed by atoms with E-state index in [1.54, 1.807) is 26.0 Å². The van der Waals surface area contributed by atoms with E-state index in [0.717, 1.165) is 0 Å². The van der Waals surface area contributed by atoms with E-state index < -0.39 is 5.41 Å². The van der Waals surface area contributed by atoms with Gasteiger partial charge in [0.25, 0.3) is 0 Å². The molecule has 0 N–H and O–H groups in total. The second-order valence-electron chi connectivity index (χ2n) is 3.75. The monoisotopic (exact) mass is 322 g/mol. The summed E-state index contributed by atoms with van der Waals surface area (Å²) >= 11 is 1.90. The van der Waals surface area contributed by atoms with Crippen LogP contribution in [0.25, 0.3) is 0 Å². The van der Waals surface area contributed by atoms with E-state index in [0.29, 0.717) is 9.13 Å². The number of halogens is 2. The average molecular weight is 322 g/mol. The molecule has 0 fully saturated rings. The van der Waals surface area contributed by atoms with Crippen LogP contribution >= 0.6 is 22.6 Å². The summed E-state index contributed by atoms with van der Waals surface area (Å²) in [5, 5.41) is 0. The zero-order chi connectivity index (χ0) is 11.6. The van der Waals surface area contributed by atoms with Crippen LogP contribution < -0.4 is 0 Å². The van der Waals surface area contributed by atoms with Crippen LogP contribution in [-0.2, 0) is 14.9 Å². The van der Waals surface area contributed by atoms with E-state index in [1.165, 1.54) is 13.2 Å². The van der Waals surface area contributed by atoms with Gasteiger partial charge in [-0.15, -0.1) is 0 Å². The third-order valence-electron chi connectivity index (χ3n) is 2.34. The first-order valence-corrected chi connectivity index (χ1v) is 5.51. The Morgan fingerprint density at radius 1 is 1.47 bits per heavy atom. The maximum atomic E-state index is 13.3. The molecule has 0 aromatic heterocycles. The normalized spacial score (nSPS) is 11.3. The van der Waals surface area contributed by atoms with Gasteiger partial charge in [0.1, 0.15) is 5.82 Å². The van der Waals surface area contributed by atoms with Gasteiger partial charge in [-0.2, -0.15) is 0 Å². The van der Waals surface area contributed by atoms with Crippen LogP contribution in [0.2, 0.25) is 0 Å². The molecule has 2 nitrogen and oxygen atoms in total. The highest BCUT2D eigenvalue weighted by atomic mass is 127. The second-order valence-corrected chi connectivity index (χ2v) is 4.91. The Labute approximate surface area is 102 Å². The highest BCUT2D eigenvalue weighted by molar-refractivity contribution is 14.1. The SMILES string of the molecule is COC(=O)C(C)(C)c1ccc(I)c(F)c1. The molecule has 82 valence electrons. The molecule has 0 radical (unpaired) electrons. The van der Waals surface area contributed by atoms with Crippen LogP contribution in [-0.4, -0.2) is 13.1 Å². The molecule has 1 aromatic rings. The Hall–Kier alpha value is -0.650. The number of esters is 1. The van der Waals surface area contributed by atoms with Crippen molar-refractivity contribution in [3.05, 3.63) is 33.1 Å². The van der Waals surface area contributed by atoms with E-state index >= 15 is 0 Å². The molecular formula is C11H12FIO2. The first-order chi connectivity index (χ1) is 6.89. The maximum Gasteiger partial charge on any atom is 0.315 e. The summed E-state index contributed by atoms with van der Waals surface area (Å²) in [5.41, 5.74) is -0.202. The van der Waals surface area contributed by atoms with Gasteiger partial charge in [-0.1, -0.05) is 6.07 Å². The Balaban J connectivity index is 3.16. The lowest BCUT2D eigenvalue weighted by molar-refractivity contribution is -0.146. The third-order valence-corrected chi connectivity index (χ3v) is 3.21. The summed E-state index contributed by atoms with van der Waals surface area (Å²) in [6.07, 6.45) is 0. The van der Waals surface area contributed by atoms with Crippen molar-refractivity contribution in [3.8, 4) is 0 Å². The Bertz CT molecular complexity index is 388. The standard InChI is InChI=1S/C11H12FIO2/c1-11(2,10(14)15-3)7-4-5-9(13)8(12)6-7/h4-6H,1-3H3. The van der Waals surface area contributed by atoms with Crippen LogP contribution in [0.3, 0.4) is 0 Å². The predicted octanol–water partition coefficient (Wildman–Crippen LogP) is 2.88. The summed E-state index contributed by atoms with van der Waals surface area (Å²) < 4.78 is 18.5. The molecule has 0 aliphatic carbocycles. The van der Waals surface area contributed by atoms with Gasteiger partial charge in [-0.25, -0.2) is 4.39 Å². The molecule has 4 heteroatoms. The van der Waals surface area contributed by atoms with Crippen LogP contribution in [0.1, 0.15) is 19.4 Å². The molecule has 1 rings (SSSR count). The number of hydrogen-bond acceptors (Lipinski definition) is 2. The lowest BCUT2D eigenvalue weighted by Gasteiger charge is -2.22. The van der Waals surface area contributed by atoms with Crippen molar-refractivity contribution in [1.29, 1.82) is 0 Å². The Morgan fingerprint density at radius 3 is 2.53 bits per heavy atom. The number of methoxy groups -OCH3 is 1. The fourth-order valence-electron chi connectivity index (χ4n) is 1.26. The van der Waals surface area contributed by atoms with Crippen LogP contribution in [0.5, 0.6) is 0 Å². The highest BCUT2D eigenvalue weighted by Crippen LogP contribution is 2.26. The summed E-state index contributed by atoms with van der Waals surface area (Å²) in [6.45, 7) is 3.42. The van der Waals surface area contributed by atoms with Crippen molar-refractivity contribution < 1.29 is 13.9 Å². The van der Waals surface area contributed by atoms with Crippen molar-refractivity contribution in [2.45, 2.75) is 19.3 Å². The number of hydrogen-bond donors (Lipinski definition) is 0. The lowest BCUT2D eigenvalue weighted by atomic mass is 9.85. The molecule has 0 unspecified atom stereocenters. The van der Waals surface area contributed by atoms with Crippen molar-refractivity contribution in [2.24, 2.45) is 0 Å². The molecule has 0 aliphatic rings. The van der Waals surface area contributed by atoms with Crippen molar-refractivity contribution in [3.63, 3.8) is 0 Å².